The average Bonchev–Trinajstić information content (AvgIpc) is 3.44. The van der Waals surface area contributed by atoms with E-state index in [4.69, 9.17) is 21.1 Å². The Bertz CT molecular complexity index is 1230. The molecule has 0 spiro atoms. The van der Waals surface area contributed by atoms with Crippen LogP contribution in [0, 0.1) is 5.92 Å². The quantitative estimate of drug-likeness (QED) is 0.496. The van der Waals surface area contributed by atoms with Gasteiger partial charge in [-0.1, -0.05) is 41.9 Å². The summed E-state index contributed by atoms with van der Waals surface area (Å²) >= 11 is 6.67. The molecule has 180 valence electrons. The lowest BCUT2D eigenvalue weighted by Gasteiger charge is -2.32. The molecule has 2 aliphatic heterocycles. The maximum atomic E-state index is 13.7. The van der Waals surface area contributed by atoms with Crippen LogP contribution in [-0.4, -0.2) is 31.6 Å². The average molecular weight is 492 g/mol. The Labute approximate surface area is 209 Å². The SMILES string of the molecule is CCOC(=O)c1ccc(N2C(=O)C3NNC(c4ccc(OC)cc4)C3C2c2ccccc2Cl)cc1. The molecule has 35 heavy (non-hydrogen) atoms. The molecule has 2 heterocycles. The van der Waals surface area contributed by atoms with Crippen molar-refractivity contribution in [3.05, 3.63) is 94.5 Å². The number of esters is 1. The van der Waals surface area contributed by atoms with Crippen LogP contribution in [0.25, 0.3) is 0 Å². The molecule has 2 fully saturated rings. The van der Waals surface area contributed by atoms with E-state index in [1.54, 1.807) is 43.2 Å². The molecule has 2 N–H and O–H groups in total. The highest BCUT2D eigenvalue weighted by Gasteiger charge is 2.56. The summed E-state index contributed by atoms with van der Waals surface area (Å²) in [4.78, 5) is 27.7. The lowest BCUT2D eigenvalue weighted by atomic mass is 9.83. The number of benzene rings is 3. The van der Waals surface area contributed by atoms with Crippen molar-refractivity contribution in [3.63, 3.8) is 0 Å². The van der Waals surface area contributed by atoms with Crippen LogP contribution in [0.4, 0.5) is 5.69 Å². The second-order valence-electron chi connectivity index (χ2n) is 8.54. The molecule has 1 amide bonds. The summed E-state index contributed by atoms with van der Waals surface area (Å²) in [5, 5.41) is 0.597. The Kier molecular flexibility index (Phi) is 6.47. The number of nitrogens with one attached hydrogen (secondary N) is 2. The van der Waals surface area contributed by atoms with Crippen LogP contribution in [0.15, 0.2) is 72.8 Å². The fourth-order valence-electron chi connectivity index (χ4n) is 5.05. The molecule has 5 rings (SSSR count). The molecule has 2 aliphatic rings. The van der Waals surface area contributed by atoms with Gasteiger partial charge in [0.2, 0.25) is 5.91 Å². The van der Waals surface area contributed by atoms with E-state index in [0.29, 0.717) is 22.9 Å². The third-order valence-electron chi connectivity index (χ3n) is 6.67. The first-order valence-corrected chi connectivity index (χ1v) is 11.9. The standard InChI is InChI=1S/C27H26ClN3O4/c1-3-35-27(33)17-8-12-18(13-9-17)31-25(20-6-4-5-7-21(20)28)22-23(29-30-24(22)26(31)32)16-10-14-19(34-2)15-11-16/h4-15,22-25,29-30H,3H2,1-2H3. The largest absolute Gasteiger partial charge is 0.497 e. The first-order chi connectivity index (χ1) is 17.0. The topological polar surface area (TPSA) is 79.9 Å². The van der Waals surface area contributed by atoms with Gasteiger partial charge in [0.15, 0.2) is 0 Å². The molecule has 8 heteroatoms. The smallest absolute Gasteiger partial charge is 0.338 e. The number of amides is 1. The fraction of sp³-hybridized carbons (Fsp3) is 0.259. The minimum absolute atomic E-state index is 0.0627. The summed E-state index contributed by atoms with van der Waals surface area (Å²) in [6.07, 6.45) is 0. The van der Waals surface area contributed by atoms with Crippen LogP contribution in [0.1, 0.15) is 40.5 Å². The van der Waals surface area contributed by atoms with Gasteiger partial charge in [0.05, 0.1) is 31.4 Å². The van der Waals surface area contributed by atoms with Crippen molar-refractivity contribution in [2.75, 3.05) is 18.6 Å². The molecule has 0 saturated carbocycles. The van der Waals surface area contributed by atoms with Gasteiger partial charge in [-0.2, -0.15) is 0 Å². The zero-order valence-electron chi connectivity index (χ0n) is 19.4. The lowest BCUT2D eigenvalue weighted by molar-refractivity contribution is -0.119. The summed E-state index contributed by atoms with van der Waals surface area (Å²) in [5.41, 5.74) is 9.59. The number of methoxy groups -OCH3 is 1. The van der Waals surface area contributed by atoms with Crippen molar-refractivity contribution in [2.45, 2.75) is 25.0 Å². The molecule has 4 unspecified atom stereocenters. The van der Waals surface area contributed by atoms with Gasteiger partial charge < -0.3 is 14.4 Å². The summed E-state index contributed by atoms with van der Waals surface area (Å²) in [5.74, 6) is 0.175. The van der Waals surface area contributed by atoms with Crippen LogP contribution < -0.4 is 20.5 Å². The molecule has 0 aliphatic carbocycles. The predicted octanol–water partition coefficient (Wildman–Crippen LogP) is 4.45. The molecule has 0 radical (unpaired) electrons. The van der Waals surface area contributed by atoms with Gasteiger partial charge in [-0.05, 0) is 60.5 Å². The van der Waals surface area contributed by atoms with Gasteiger partial charge in [-0.15, -0.1) is 0 Å². The molecular weight excluding hydrogens is 466 g/mol. The number of carbonyl (C=O) groups is 2. The normalized spacial score (nSPS) is 23.3. The van der Waals surface area contributed by atoms with Crippen LogP contribution in [-0.2, 0) is 9.53 Å². The first kappa shape index (κ1) is 23.4. The van der Waals surface area contributed by atoms with Crippen LogP contribution in [0.2, 0.25) is 5.02 Å². The van der Waals surface area contributed by atoms with Crippen LogP contribution >= 0.6 is 11.6 Å². The van der Waals surface area contributed by atoms with E-state index in [9.17, 15) is 9.59 Å². The van der Waals surface area contributed by atoms with Crippen molar-refractivity contribution in [2.24, 2.45) is 5.92 Å². The number of hydrazine groups is 1. The van der Waals surface area contributed by atoms with Gasteiger partial charge in [0.1, 0.15) is 11.8 Å². The summed E-state index contributed by atoms with van der Waals surface area (Å²) in [6, 6.07) is 21.5. The Balaban J connectivity index is 1.56. The third kappa shape index (κ3) is 4.16. The molecule has 4 atom stereocenters. The van der Waals surface area contributed by atoms with E-state index in [1.165, 1.54) is 0 Å². The summed E-state index contributed by atoms with van der Waals surface area (Å²) in [7, 11) is 1.63. The second kappa shape index (κ2) is 9.70. The van der Waals surface area contributed by atoms with E-state index >= 15 is 0 Å². The third-order valence-corrected chi connectivity index (χ3v) is 7.01. The molecule has 7 nitrogen and oxygen atoms in total. The Morgan fingerprint density at radius 2 is 1.66 bits per heavy atom. The van der Waals surface area contributed by atoms with E-state index in [2.05, 4.69) is 10.9 Å². The minimum Gasteiger partial charge on any atom is -0.497 e. The maximum Gasteiger partial charge on any atom is 0.338 e. The molecular formula is C27H26ClN3O4. The number of fused-ring (bicyclic) bond motifs is 1. The van der Waals surface area contributed by atoms with Gasteiger partial charge >= 0.3 is 5.97 Å². The zero-order chi connectivity index (χ0) is 24.5. The van der Waals surface area contributed by atoms with Crippen molar-refractivity contribution < 1.29 is 19.1 Å². The number of hydrogen-bond donors (Lipinski definition) is 2. The second-order valence-corrected chi connectivity index (χ2v) is 8.94. The molecule has 0 bridgehead atoms. The van der Waals surface area contributed by atoms with Gasteiger partial charge in [-0.25, -0.2) is 15.6 Å². The summed E-state index contributed by atoms with van der Waals surface area (Å²) in [6.45, 7) is 2.07. The number of anilines is 1. The first-order valence-electron chi connectivity index (χ1n) is 11.5. The van der Waals surface area contributed by atoms with E-state index in [-0.39, 0.29) is 23.9 Å². The zero-order valence-corrected chi connectivity index (χ0v) is 20.2. The van der Waals surface area contributed by atoms with Crippen molar-refractivity contribution in [1.29, 1.82) is 0 Å². The highest BCUT2D eigenvalue weighted by Crippen LogP contribution is 2.50. The maximum absolute atomic E-state index is 13.7. The van der Waals surface area contributed by atoms with Crippen molar-refractivity contribution in [1.82, 2.24) is 10.9 Å². The number of hydrogen-bond acceptors (Lipinski definition) is 6. The highest BCUT2D eigenvalue weighted by molar-refractivity contribution is 6.31. The number of carbonyl (C=O) groups excluding carboxylic acids is 2. The Morgan fingerprint density at radius 1 is 0.971 bits per heavy atom. The van der Waals surface area contributed by atoms with Crippen molar-refractivity contribution in [3.8, 4) is 5.75 Å². The van der Waals surface area contributed by atoms with Gasteiger partial charge in [-0.3, -0.25) is 4.79 Å². The molecule has 3 aromatic carbocycles. The fourth-order valence-corrected chi connectivity index (χ4v) is 5.30. The highest BCUT2D eigenvalue weighted by atomic mass is 35.5. The van der Waals surface area contributed by atoms with Crippen molar-refractivity contribution >= 4 is 29.2 Å². The number of halogens is 1. The van der Waals surface area contributed by atoms with Gasteiger partial charge in [0, 0.05) is 16.6 Å². The predicted molar refractivity (Wildman–Crippen MR) is 133 cm³/mol. The number of nitrogens with zero attached hydrogens (tertiary/aromatic N) is 1. The van der Waals surface area contributed by atoms with E-state index in [1.807, 2.05) is 48.5 Å². The Hall–Kier alpha value is -3.39. The number of ether oxygens (including phenoxy) is 2. The molecule has 3 aromatic rings. The van der Waals surface area contributed by atoms with Gasteiger partial charge in [0.25, 0.3) is 0 Å². The molecule has 0 aromatic heterocycles. The monoisotopic (exact) mass is 491 g/mol. The summed E-state index contributed by atoms with van der Waals surface area (Å²) < 4.78 is 10.4. The minimum atomic E-state index is -0.451. The Morgan fingerprint density at radius 3 is 2.31 bits per heavy atom. The number of rotatable bonds is 6. The van der Waals surface area contributed by atoms with Crippen LogP contribution in [0.5, 0.6) is 5.75 Å². The molecule has 2 saturated heterocycles. The lowest BCUT2D eigenvalue weighted by Crippen LogP contribution is -2.41. The van der Waals surface area contributed by atoms with E-state index < -0.39 is 12.0 Å². The van der Waals surface area contributed by atoms with E-state index in [0.717, 1.165) is 16.9 Å². The van der Waals surface area contributed by atoms with Crippen LogP contribution in [0.3, 0.4) is 0 Å².